The highest BCUT2D eigenvalue weighted by atomic mass is 79.9. The summed E-state index contributed by atoms with van der Waals surface area (Å²) in [7, 11) is 0. The fraction of sp³-hybridized carbons (Fsp3) is 0.810. The first-order chi connectivity index (χ1) is 12.1. The summed E-state index contributed by atoms with van der Waals surface area (Å²) in [5.41, 5.74) is 1.04. The Morgan fingerprint density at radius 2 is 1.96 bits per heavy atom. The molecule has 0 saturated heterocycles. The Kier molecular flexibility index (Phi) is 4.24. The van der Waals surface area contributed by atoms with Crippen molar-refractivity contribution in [3.63, 3.8) is 0 Å². The van der Waals surface area contributed by atoms with Gasteiger partial charge < -0.3 is 9.84 Å². The van der Waals surface area contributed by atoms with E-state index in [-0.39, 0.29) is 16.0 Å². The first kappa shape index (κ1) is 18.7. The van der Waals surface area contributed by atoms with E-state index < -0.39 is 17.2 Å². The molecule has 0 aromatic carbocycles. The van der Waals surface area contributed by atoms with E-state index in [0.717, 1.165) is 38.5 Å². The van der Waals surface area contributed by atoms with Crippen LogP contribution in [-0.2, 0) is 14.3 Å². The van der Waals surface area contributed by atoms with Gasteiger partial charge in [-0.1, -0.05) is 35.4 Å². The lowest BCUT2D eigenvalue weighted by Crippen LogP contribution is -2.57. The molecule has 3 saturated carbocycles. The molecule has 0 aromatic heterocycles. The van der Waals surface area contributed by atoms with E-state index in [9.17, 15) is 14.7 Å². The van der Waals surface area contributed by atoms with Gasteiger partial charge in [-0.25, -0.2) is 0 Å². The van der Waals surface area contributed by atoms with Crippen LogP contribution in [0.15, 0.2) is 11.6 Å². The van der Waals surface area contributed by atoms with Crippen LogP contribution in [0.25, 0.3) is 0 Å². The summed E-state index contributed by atoms with van der Waals surface area (Å²) in [4.78, 5) is 23.4. The van der Waals surface area contributed by atoms with E-state index in [1.165, 1.54) is 12.5 Å². The second-order valence-electron chi connectivity index (χ2n) is 9.42. The van der Waals surface area contributed by atoms with Gasteiger partial charge in [0.1, 0.15) is 0 Å². The van der Waals surface area contributed by atoms with Crippen LogP contribution >= 0.6 is 15.9 Å². The average molecular weight is 425 g/mol. The highest BCUT2D eigenvalue weighted by Gasteiger charge is 2.69. The smallest absolute Gasteiger partial charge is 0.305 e. The molecule has 144 valence electrons. The van der Waals surface area contributed by atoms with Gasteiger partial charge in [-0.2, -0.15) is 0 Å². The van der Waals surface area contributed by atoms with Crippen LogP contribution in [0.3, 0.4) is 0 Å². The largest absolute Gasteiger partial charge is 0.432 e. The molecule has 26 heavy (non-hydrogen) atoms. The summed E-state index contributed by atoms with van der Waals surface area (Å²) in [6.45, 7) is 5.83. The van der Waals surface area contributed by atoms with Crippen molar-refractivity contribution in [1.29, 1.82) is 0 Å². The molecule has 7 atom stereocenters. The molecule has 4 rings (SSSR count). The number of halogens is 1. The van der Waals surface area contributed by atoms with Gasteiger partial charge in [-0.15, -0.1) is 0 Å². The molecule has 0 unspecified atom stereocenters. The number of esters is 1. The van der Waals surface area contributed by atoms with E-state index in [4.69, 9.17) is 4.74 Å². The zero-order valence-electron chi connectivity index (χ0n) is 15.9. The normalized spacial score (nSPS) is 50.3. The monoisotopic (exact) mass is 424 g/mol. The zero-order chi connectivity index (χ0) is 18.9. The average Bonchev–Trinajstić information content (AvgIpc) is 2.75. The Balaban J connectivity index is 1.69. The van der Waals surface area contributed by atoms with Gasteiger partial charge in [0.15, 0.2) is 5.78 Å². The number of rotatable bonds is 1. The number of allylic oxidation sites excluding steroid dienone is 1. The standard InChI is InChI=1S/C21H29BrO4/c1-12(23)26-21(25)18(22)11-17-15-5-4-13-10-14(24)6-8-19(13,2)16(15)7-9-20(17,21)3/h10,15-18,25H,4-9,11H2,1-3H3/t15-,16+,17-,18-,19+,20+,21+/m1/s1. The van der Waals surface area contributed by atoms with Crippen molar-refractivity contribution in [2.24, 2.45) is 28.6 Å². The van der Waals surface area contributed by atoms with Crippen molar-refractivity contribution in [2.45, 2.75) is 76.3 Å². The summed E-state index contributed by atoms with van der Waals surface area (Å²) in [5.74, 6) is -0.198. The van der Waals surface area contributed by atoms with E-state index in [1.807, 2.05) is 6.08 Å². The van der Waals surface area contributed by atoms with Crippen LogP contribution in [0.2, 0.25) is 0 Å². The molecular formula is C21H29BrO4. The Morgan fingerprint density at radius 3 is 2.65 bits per heavy atom. The first-order valence-corrected chi connectivity index (χ1v) is 10.8. The number of fused-ring (bicyclic) bond motifs is 5. The highest BCUT2D eigenvalue weighted by molar-refractivity contribution is 9.09. The maximum Gasteiger partial charge on any atom is 0.305 e. The molecule has 0 amide bonds. The number of aliphatic hydroxyl groups is 1. The molecule has 5 heteroatoms. The van der Waals surface area contributed by atoms with Crippen LogP contribution in [0.5, 0.6) is 0 Å². The van der Waals surface area contributed by atoms with Gasteiger partial charge in [0, 0.05) is 18.8 Å². The van der Waals surface area contributed by atoms with E-state index in [2.05, 4.69) is 29.8 Å². The number of carbonyl (C=O) groups excluding carboxylic acids is 2. The minimum Gasteiger partial charge on any atom is -0.432 e. The van der Waals surface area contributed by atoms with Crippen LogP contribution in [-0.4, -0.2) is 27.5 Å². The second kappa shape index (κ2) is 5.91. The van der Waals surface area contributed by atoms with Gasteiger partial charge in [0.05, 0.1) is 4.83 Å². The lowest BCUT2D eigenvalue weighted by molar-refractivity contribution is -0.260. The summed E-state index contributed by atoms with van der Waals surface area (Å²) < 4.78 is 5.52. The van der Waals surface area contributed by atoms with Gasteiger partial charge in [0.2, 0.25) is 5.79 Å². The number of hydrogen-bond acceptors (Lipinski definition) is 4. The minimum atomic E-state index is -1.44. The molecule has 0 bridgehead atoms. The molecule has 0 heterocycles. The number of ketones is 1. The summed E-state index contributed by atoms with van der Waals surface area (Å²) in [6, 6.07) is 0. The minimum absolute atomic E-state index is 0.113. The molecule has 0 aromatic rings. The Labute approximate surface area is 163 Å². The van der Waals surface area contributed by atoms with Crippen LogP contribution in [0.4, 0.5) is 0 Å². The van der Waals surface area contributed by atoms with Crippen molar-refractivity contribution in [3.05, 3.63) is 11.6 Å². The number of ether oxygens (including phenoxy) is 1. The Morgan fingerprint density at radius 1 is 1.23 bits per heavy atom. The van der Waals surface area contributed by atoms with Crippen molar-refractivity contribution < 1.29 is 19.4 Å². The lowest BCUT2D eigenvalue weighted by Gasteiger charge is -2.58. The van der Waals surface area contributed by atoms with Gasteiger partial charge in [-0.3, -0.25) is 9.59 Å². The summed E-state index contributed by atoms with van der Waals surface area (Å²) in [5, 5.41) is 11.4. The topological polar surface area (TPSA) is 63.6 Å². The van der Waals surface area contributed by atoms with Crippen molar-refractivity contribution in [1.82, 2.24) is 0 Å². The molecule has 4 aliphatic rings. The first-order valence-electron chi connectivity index (χ1n) is 9.92. The SMILES string of the molecule is CC(=O)O[C@@]1(O)[C@H](Br)C[C@@H]2[C@@H]3CCC4=CC(=O)CC[C@]4(C)[C@H]3CC[C@@]21C. The maximum absolute atomic E-state index is 11.9. The van der Waals surface area contributed by atoms with E-state index in [0.29, 0.717) is 24.2 Å². The molecule has 1 N–H and O–H groups in total. The van der Waals surface area contributed by atoms with Crippen LogP contribution in [0, 0.1) is 28.6 Å². The second-order valence-corrected chi connectivity index (χ2v) is 10.5. The summed E-state index contributed by atoms with van der Waals surface area (Å²) in [6.07, 6.45) is 8.27. The third-order valence-electron chi connectivity index (χ3n) is 8.35. The number of hydrogen-bond donors (Lipinski definition) is 1. The zero-order valence-corrected chi connectivity index (χ0v) is 17.5. The molecular weight excluding hydrogens is 396 g/mol. The molecule has 0 radical (unpaired) electrons. The predicted octanol–water partition coefficient (Wildman–Crippen LogP) is 4.14. The van der Waals surface area contributed by atoms with Crippen molar-refractivity contribution in [2.75, 3.05) is 0 Å². The summed E-state index contributed by atoms with van der Waals surface area (Å²) >= 11 is 3.64. The Hall–Kier alpha value is -0.680. The van der Waals surface area contributed by atoms with Crippen molar-refractivity contribution in [3.8, 4) is 0 Å². The molecule has 4 aliphatic carbocycles. The van der Waals surface area contributed by atoms with Crippen LogP contribution in [0.1, 0.15) is 65.7 Å². The van der Waals surface area contributed by atoms with Crippen LogP contribution < -0.4 is 0 Å². The van der Waals surface area contributed by atoms with E-state index in [1.54, 1.807) is 0 Å². The van der Waals surface area contributed by atoms with Gasteiger partial charge in [-0.05, 0) is 67.8 Å². The highest BCUT2D eigenvalue weighted by Crippen LogP contribution is 2.68. The quantitative estimate of drug-likeness (QED) is 0.390. The fourth-order valence-electron chi connectivity index (χ4n) is 6.90. The fourth-order valence-corrected chi connectivity index (χ4v) is 7.92. The number of carbonyl (C=O) groups is 2. The Bertz CT molecular complexity index is 687. The molecule has 4 nitrogen and oxygen atoms in total. The molecule has 0 spiro atoms. The van der Waals surface area contributed by atoms with E-state index >= 15 is 0 Å². The predicted molar refractivity (Wildman–Crippen MR) is 102 cm³/mol. The third-order valence-corrected chi connectivity index (χ3v) is 9.35. The lowest BCUT2D eigenvalue weighted by atomic mass is 9.47. The molecule has 3 fully saturated rings. The third kappa shape index (κ3) is 2.35. The van der Waals surface area contributed by atoms with Crippen molar-refractivity contribution >= 4 is 27.7 Å². The number of alkyl halides is 1. The maximum atomic E-state index is 11.9. The van der Waals surface area contributed by atoms with Gasteiger partial charge >= 0.3 is 5.97 Å². The molecule has 0 aliphatic heterocycles. The van der Waals surface area contributed by atoms with Gasteiger partial charge in [0.25, 0.3) is 0 Å².